The molecule has 0 amide bonds. The Bertz CT molecular complexity index is 1030. The maximum atomic E-state index is 12.6. The van der Waals surface area contributed by atoms with E-state index in [4.69, 9.17) is 5.11 Å². The number of hydrogen-bond donors (Lipinski definition) is 3. The van der Waals surface area contributed by atoms with E-state index in [-0.39, 0.29) is 21.8 Å². The van der Waals surface area contributed by atoms with Crippen molar-refractivity contribution in [2.45, 2.75) is 11.8 Å². The van der Waals surface area contributed by atoms with E-state index in [1.54, 1.807) is 6.92 Å². The number of anilines is 2. The van der Waals surface area contributed by atoms with Crippen molar-refractivity contribution in [2.24, 2.45) is 0 Å². The van der Waals surface area contributed by atoms with Crippen LogP contribution in [0.5, 0.6) is 0 Å². The van der Waals surface area contributed by atoms with Crippen LogP contribution in [0.15, 0.2) is 47.4 Å². The molecule has 2 rings (SSSR count). The summed E-state index contributed by atoms with van der Waals surface area (Å²) >= 11 is 0. The minimum absolute atomic E-state index is 0.133. The molecule has 0 radical (unpaired) electrons. The summed E-state index contributed by atoms with van der Waals surface area (Å²) in [6, 6.07) is 9.49. The van der Waals surface area contributed by atoms with Crippen molar-refractivity contribution in [3.8, 4) is 0 Å². The lowest BCUT2D eigenvalue weighted by atomic mass is 10.1. The number of carboxylic acid groups (broad SMARTS) is 1. The minimum atomic E-state index is -4.05. The van der Waals surface area contributed by atoms with Gasteiger partial charge in [0.25, 0.3) is 10.0 Å². The Morgan fingerprint density at radius 2 is 1.56 bits per heavy atom. The topological polar surface area (TPSA) is 130 Å². The van der Waals surface area contributed by atoms with E-state index >= 15 is 0 Å². The Hall–Kier alpha value is -2.59. The Kier molecular flexibility index (Phi) is 5.04. The Morgan fingerprint density at radius 1 is 0.960 bits per heavy atom. The number of carbonyl (C=O) groups is 1. The van der Waals surface area contributed by atoms with Gasteiger partial charge in [0.15, 0.2) is 0 Å². The molecule has 134 valence electrons. The smallest absolute Gasteiger partial charge is 0.335 e. The lowest BCUT2D eigenvalue weighted by Crippen LogP contribution is -2.15. The highest BCUT2D eigenvalue weighted by Crippen LogP contribution is 2.23. The molecule has 0 unspecified atom stereocenters. The summed E-state index contributed by atoms with van der Waals surface area (Å²) < 4.78 is 52.2. The van der Waals surface area contributed by atoms with Crippen LogP contribution in [0.2, 0.25) is 0 Å². The molecule has 10 heteroatoms. The summed E-state index contributed by atoms with van der Waals surface area (Å²) in [6.45, 7) is 1.54. The lowest BCUT2D eigenvalue weighted by molar-refractivity contribution is 0.0696. The van der Waals surface area contributed by atoms with Crippen molar-refractivity contribution >= 4 is 37.4 Å². The molecular formula is C15H16N2O6S2. The molecule has 0 saturated heterocycles. The van der Waals surface area contributed by atoms with Gasteiger partial charge in [-0.05, 0) is 42.8 Å². The third-order valence-electron chi connectivity index (χ3n) is 3.14. The van der Waals surface area contributed by atoms with Crippen LogP contribution >= 0.6 is 0 Å². The standard InChI is InChI=1S/C15H16N2O6S2/c1-10-6-7-11(15(18)19)8-14(10)25(22,23)17-13-5-3-4-12(9-13)16-24(2,20)21/h3-9,16-17H,1-2H3,(H,18,19). The van der Waals surface area contributed by atoms with Crippen LogP contribution in [-0.2, 0) is 20.0 Å². The van der Waals surface area contributed by atoms with Crippen LogP contribution in [0.1, 0.15) is 15.9 Å². The number of hydrogen-bond acceptors (Lipinski definition) is 5. The zero-order valence-electron chi connectivity index (χ0n) is 13.3. The average molecular weight is 384 g/mol. The monoisotopic (exact) mass is 384 g/mol. The summed E-state index contributed by atoms with van der Waals surface area (Å²) in [5.41, 5.74) is 0.550. The number of aromatic carboxylic acids is 1. The lowest BCUT2D eigenvalue weighted by Gasteiger charge is -2.12. The van der Waals surface area contributed by atoms with Crippen molar-refractivity contribution < 1.29 is 26.7 Å². The molecule has 0 atom stereocenters. The van der Waals surface area contributed by atoms with E-state index in [2.05, 4.69) is 9.44 Å². The highest BCUT2D eigenvalue weighted by molar-refractivity contribution is 7.92. The Balaban J connectivity index is 2.38. The largest absolute Gasteiger partial charge is 0.478 e. The third-order valence-corrected chi connectivity index (χ3v) is 5.27. The predicted octanol–water partition coefficient (Wildman–Crippen LogP) is 1.87. The molecule has 0 aliphatic carbocycles. The van der Waals surface area contributed by atoms with Gasteiger partial charge in [-0.2, -0.15) is 0 Å². The molecule has 3 N–H and O–H groups in total. The Morgan fingerprint density at radius 3 is 2.12 bits per heavy atom. The van der Waals surface area contributed by atoms with Crippen molar-refractivity contribution in [3.63, 3.8) is 0 Å². The fraction of sp³-hybridized carbons (Fsp3) is 0.133. The van der Waals surface area contributed by atoms with Gasteiger partial charge in [0.05, 0.1) is 28.1 Å². The summed E-state index contributed by atoms with van der Waals surface area (Å²) in [4.78, 5) is 10.9. The molecule has 0 aliphatic heterocycles. The molecule has 0 aliphatic rings. The number of aryl methyl sites for hydroxylation is 1. The first-order valence-electron chi connectivity index (χ1n) is 6.92. The number of benzene rings is 2. The first-order valence-corrected chi connectivity index (χ1v) is 10.3. The van der Waals surface area contributed by atoms with E-state index in [0.717, 1.165) is 12.3 Å². The van der Waals surface area contributed by atoms with Crippen LogP contribution in [0.3, 0.4) is 0 Å². The van der Waals surface area contributed by atoms with Crippen LogP contribution in [0.4, 0.5) is 11.4 Å². The van der Waals surface area contributed by atoms with Gasteiger partial charge in [-0.15, -0.1) is 0 Å². The molecule has 0 heterocycles. The fourth-order valence-corrected chi connectivity index (χ4v) is 3.97. The molecular weight excluding hydrogens is 368 g/mol. The van der Waals surface area contributed by atoms with Crippen molar-refractivity contribution in [3.05, 3.63) is 53.6 Å². The van der Waals surface area contributed by atoms with Gasteiger partial charge in [0, 0.05) is 0 Å². The van der Waals surface area contributed by atoms with E-state index in [1.165, 1.54) is 36.4 Å². The molecule has 8 nitrogen and oxygen atoms in total. The highest BCUT2D eigenvalue weighted by atomic mass is 32.2. The second kappa shape index (κ2) is 6.73. The summed E-state index contributed by atoms with van der Waals surface area (Å²) in [6.07, 6.45) is 0.977. The van der Waals surface area contributed by atoms with E-state index in [0.29, 0.717) is 5.56 Å². The first kappa shape index (κ1) is 18.7. The van der Waals surface area contributed by atoms with Crippen molar-refractivity contribution in [1.29, 1.82) is 0 Å². The maximum Gasteiger partial charge on any atom is 0.335 e. The number of nitrogens with one attached hydrogen (secondary N) is 2. The number of carboxylic acids is 1. The minimum Gasteiger partial charge on any atom is -0.478 e. The summed E-state index contributed by atoms with van der Waals surface area (Å²) in [7, 11) is -7.56. The molecule has 0 saturated carbocycles. The van der Waals surface area contributed by atoms with E-state index < -0.39 is 26.0 Å². The second-order valence-corrected chi connectivity index (χ2v) is 8.75. The van der Waals surface area contributed by atoms with Crippen LogP contribution < -0.4 is 9.44 Å². The summed E-state index contributed by atoms with van der Waals surface area (Å²) in [5, 5.41) is 9.02. The first-order chi connectivity index (χ1) is 11.5. The van der Waals surface area contributed by atoms with Gasteiger partial charge in [-0.1, -0.05) is 12.1 Å². The van der Waals surface area contributed by atoms with Gasteiger partial charge in [0.2, 0.25) is 10.0 Å². The van der Waals surface area contributed by atoms with Gasteiger partial charge >= 0.3 is 5.97 Å². The quantitative estimate of drug-likeness (QED) is 0.697. The molecule has 25 heavy (non-hydrogen) atoms. The fourth-order valence-electron chi connectivity index (χ4n) is 2.09. The van der Waals surface area contributed by atoms with E-state index in [1.807, 2.05) is 0 Å². The van der Waals surface area contributed by atoms with E-state index in [9.17, 15) is 21.6 Å². The molecule has 0 aromatic heterocycles. The Labute approximate surface area is 145 Å². The summed E-state index contributed by atoms with van der Waals surface area (Å²) in [5.74, 6) is -1.24. The van der Waals surface area contributed by atoms with Crippen molar-refractivity contribution in [2.75, 3.05) is 15.7 Å². The molecule has 0 fully saturated rings. The van der Waals surface area contributed by atoms with Gasteiger partial charge < -0.3 is 5.11 Å². The third kappa shape index (κ3) is 4.94. The number of rotatable bonds is 6. The zero-order chi connectivity index (χ0) is 18.8. The van der Waals surface area contributed by atoms with Gasteiger partial charge in [-0.3, -0.25) is 9.44 Å². The van der Waals surface area contributed by atoms with Crippen LogP contribution in [-0.4, -0.2) is 34.2 Å². The van der Waals surface area contributed by atoms with Crippen LogP contribution in [0.25, 0.3) is 0 Å². The van der Waals surface area contributed by atoms with Crippen LogP contribution in [0, 0.1) is 6.92 Å². The molecule has 2 aromatic carbocycles. The molecule has 0 spiro atoms. The average Bonchev–Trinajstić information content (AvgIpc) is 2.45. The SMILES string of the molecule is Cc1ccc(C(=O)O)cc1S(=O)(=O)Nc1cccc(NS(C)(=O)=O)c1. The molecule has 0 bridgehead atoms. The highest BCUT2D eigenvalue weighted by Gasteiger charge is 2.19. The zero-order valence-corrected chi connectivity index (χ0v) is 15.0. The number of sulfonamides is 2. The maximum absolute atomic E-state index is 12.6. The van der Waals surface area contributed by atoms with Gasteiger partial charge in [-0.25, -0.2) is 21.6 Å². The normalized spacial score (nSPS) is 11.8. The molecule has 2 aromatic rings. The van der Waals surface area contributed by atoms with Gasteiger partial charge in [0.1, 0.15) is 0 Å². The predicted molar refractivity (Wildman–Crippen MR) is 93.9 cm³/mol. The van der Waals surface area contributed by atoms with Crippen molar-refractivity contribution in [1.82, 2.24) is 0 Å². The second-order valence-electron chi connectivity index (χ2n) is 5.35.